The highest BCUT2D eigenvalue weighted by atomic mass is 32.2. The average molecular weight is 326 g/mol. The third-order valence-corrected chi connectivity index (χ3v) is 4.82. The molecular formula is C14H18N2O5S. The smallest absolute Gasteiger partial charge is 0.307 e. The Labute approximate surface area is 128 Å². The molecule has 1 saturated carbocycles. The Morgan fingerprint density at radius 1 is 1.18 bits per heavy atom. The Kier molecular flexibility index (Phi) is 4.82. The molecule has 1 aromatic rings. The zero-order valence-electron chi connectivity index (χ0n) is 11.9. The zero-order chi connectivity index (χ0) is 16.3. The molecule has 8 heteroatoms. The monoisotopic (exact) mass is 326 g/mol. The quantitative estimate of drug-likeness (QED) is 0.683. The van der Waals surface area contributed by atoms with E-state index < -0.39 is 27.8 Å². The van der Waals surface area contributed by atoms with E-state index in [1.807, 2.05) is 0 Å². The van der Waals surface area contributed by atoms with Gasteiger partial charge in [0.25, 0.3) is 0 Å². The average Bonchev–Trinajstić information content (AvgIpc) is 2.36. The van der Waals surface area contributed by atoms with Gasteiger partial charge in [0, 0.05) is 6.54 Å². The summed E-state index contributed by atoms with van der Waals surface area (Å²) in [6.45, 7) is 0.371. The maximum Gasteiger partial charge on any atom is 0.307 e. The number of aliphatic carboxylic acids is 1. The molecule has 0 aliphatic heterocycles. The Balaban J connectivity index is 1.81. The third kappa shape index (κ3) is 3.83. The van der Waals surface area contributed by atoms with Crippen LogP contribution >= 0.6 is 0 Å². The molecule has 22 heavy (non-hydrogen) atoms. The van der Waals surface area contributed by atoms with E-state index >= 15 is 0 Å². The van der Waals surface area contributed by atoms with Crippen LogP contribution in [0.4, 0.5) is 0 Å². The number of carbonyl (C=O) groups is 2. The van der Waals surface area contributed by atoms with E-state index in [9.17, 15) is 18.0 Å². The first kappa shape index (κ1) is 16.4. The van der Waals surface area contributed by atoms with Gasteiger partial charge < -0.3 is 10.4 Å². The second-order valence-corrected chi connectivity index (χ2v) is 6.92. The number of carboxylic acids is 1. The van der Waals surface area contributed by atoms with Crippen LogP contribution in [-0.2, 0) is 26.0 Å². The molecule has 2 unspecified atom stereocenters. The molecule has 1 aromatic carbocycles. The lowest BCUT2D eigenvalue weighted by Crippen LogP contribution is -2.44. The van der Waals surface area contributed by atoms with Crippen LogP contribution < -0.4 is 10.5 Å². The summed E-state index contributed by atoms with van der Waals surface area (Å²) >= 11 is 0. The van der Waals surface area contributed by atoms with Gasteiger partial charge in [-0.2, -0.15) is 0 Å². The minimum Gasteiger partial charge on any atom is -0.481 e. The molecule has 1 aliphatic rings. The first-order valence-corrected chi connectivity index (χ1v) is 8.46. The minimum atomic E-state index is -3.70. The summed E-state index contributed by atoms with van der Waals surface area (Å²) in [6, 6.07) is 6.10. The fourth-order valence-electron chi connectivity index (χ4n) is 2.42. The van der Waals surface area contributed by atoms with Crippen molar-refractivity contribution in [3.8, 4) is 0 Å². The molecule has 0 saturated heterocycles. The maximum atomic E-state index is 11.8. The minimum absolute atomic E-state index is 0.0408. The second-order valence-electron chi connectivity index (χ2n) is 5.36. The van der Waals surface area contributed by atoms with Gasteiger partial charge in [-0.25, -0.2) is 13.6 Å². The van der Waals surface area contributed by atoms with Gasteiger partial charge in [-0.15, -0.1) is 0 Å². The van der Waals surface area contributed by atoms with Gasteiger partial charge in [-0.1, -0.05) is 12.1 Å². The van der Waals surface area contributed by atoms with E-state index in [0.717, 1.165) is 5.56 Å². The van der Waals surface area contributed by atoms with Crippen LogP contribution in [0.5, 0.6) is 0 Å². The Morgan fingerprint density at radius 2 is 1.77 bits per heavy atom. The van der Waals surface area contributed by atoms with Crippen LogP contribution in [0, 0.1) is 11.8 Å². The predicted molar refractivity (Wildman–Crippen MR) is 78.4 cm³/mol. The van der Waals surface area contributed by atoms with Gasteiger partial charge in [0.15, 0.2) is 0 Å². The first-order chi connectivity index (χ1) is 10.3. The molecular weight excluding hydrogens is 308 g/mol. The van der Waals surface area contributed by atoms with E-state index in [0.29, 0.717) is 25.8 Å². The molecule has 2 atom stereocenters. The largest absolute Gasteiger partial charge is 0.481 e. The number of carboxylic acid groups (broad SMARTS) is 1. The SMILES string of the molecule is NS(=O)(=O)c1ccc(CCNC(=O)C2CCC2C(=O)O)cc1. The van der Waals surface area contributed by atoms with E-state index in [4.69, 9.17) is 10.2 Å². The lowest BCUT2D eigenvalue weighted by Gasteiger charge is -2.31. The standard InChI is InChI=1S/C14H18N2O5S/c15-22(20,21)10-3-1-9(2-4-10)7-8-16-13(17)11-5-6-12(11)14(18)19/h1-4,11-12H,5-8H2,(H,16,17)(H,18,19)(H2,15,20,21). The van der Waals surface area contributed by atoms with Crippen molar-refractivity contribution in [3.05, 3.63) is 29.8 Å². The molecule has 1 fully saturated rings. The number of rotatable bonds is 6. The van der Waals surface area contributed by atoms with E-state index in [2.05, 4.69) is 5.32 Å². The molecule has 0 heterocycles. The summed E-state index contributed by atoms with van der Waals surface area (Å²) in [7, 11) is -3.70. The van der Waals surface area contributed by atoms with Gasteiger partial charge in [0.2, 0.25) is 15.9 Å². The number of hydrogen-bond acceptors (Lipinski definition) is 4. The van der Waals surface area contributed by atoms with Crippen LogP contribution in [0.3, 0.4) is 0 Å². The van der Waals surface area contributed by atoms with Crippen molar-refractivity contribution in [1.82, 2.24) is 5.32 Å². The summed E-state index contributed by atoms with van der Waals surface area (Å²) in [5.74, 6) is -2.18. The fraction of sp³-hybridized carbons (Fsp3) is 0.429. The number of hydrogen-bond donors (Lipinski definition) is 3. The van der Waals surface area contributed by atoms with Gasteiger partial charge >= 0.3 is 5.97 Å². The molecule has 0 spiro atoms. The highest BCUT2D eigenvalue weighted by Gasteiger charge is 2.41. The van der Waals surface area contributed by atoms with Crippen LogP contribution in [-0.4, -0.2) is 31.9 Å². The Hall–Kier alpha value is -1.93. The van der Waals surface area contributed by atoms with Crippen LogP contribution in [0.1, 0.15) is 18.4 Å². The van der Waals surface area contributed by atoms with E-state index in [-0.39, 0.29) is 10.8 Å². The molecule has 1 aliphatic carbocycles. The highest BCUT2D eigenvalue weighted by molar-refractivity contribution is 7.89. The van der Waals surface area contributed by atoms with Gasteiger partial charge in [0.05, 0.1) is 16.7 Å². The molecule has 4 N–H and O–H groups in total. The van der Waals surface area contributed by atoms with Crippen molar-refractivity contribution in [2.75, 3.05) is 6.54 Å². The second kappa shape index (κ2) is 6.45. The highest BCUT2D eigenvalue weighted by Crippen LogP contribution is 2.34. The number of nitrogens with one attached hydrogen (secondary N) is 1. The van der Waals surface area contributed by atoms with Crippen molar-refractivity contribution in [2.24, 2.45) is 17.0 Å². The molecule has 0 bridgehead atoms. The van der Waals surface area contributed by atoms with Crippen molar-refractivity contribution in [3.63, 3.8) is 0 Å². The molecule has 2 rings (SSSR count). The number of carbonyl (C=O) groups excluding carboxylic acids is 1. The summed E-state index contributed by atoms with van der Waals surface area (Å²) in [6.07, 6.45) is 1.68. The number of primary sulfonamides is 1. The summed E-state index contributed by atoms with van der Waals surface area (Å²) in [5.41, 5.74) is 0.857. The van der Waals surface area contributed by atoms with Crippen molar-refractivity contribution >= 4 is 21.9 Å². The number of sulfonamides is 1. The summed E-state index contributed by atoms with van der Waals surface area (Å²) in [5, 5.41) is 16.6. The summed E-state index contributed by atoms with van der Waals surface area (Å²) in [4.78, 5) is 22.8. The van der Waals surface area contributed by atoms with Gasteiger partial charge in [0.1, 0.15) is 0 Å². The molecule has 0 radical (unpaired) electrons. The van der Waals surface area contributed by atoms with Crippen molar-refractivity contribution < 1.29 is 23.1 Å². The van der Waals surface area contributed by atoms with Gasteiger partial charge in [-0.3, -0.25) is 9.59 Å². The lowest BCUT2D eigenvalue weighted by atomic mass is 9.73. The van der Waals surface area contributed by atoms with Gasteiger partial charge in [-0.05, 0) is 37.0 Å². The third-order valence-electron chi connectivity index (χ3n) is 3.89. The topological polar surface area (TPSA) is 127 Å². The van der Waals surface area contributed by atoms with E-state index in [1.54, 1.807) is 12.1 Å². The van der Waals surface area contributed by atoms with E-state index in [1.165, 1.54) is 12.1 Å². The number of nitrogens with two attached hydrogens (primary N) is 1. The van der Waals surface area contributed by atoms with Crippen molar-refractivity contribution in [2.45, 2.75) is 24.2 Å². The number of amides is 1. The lowest BCUT2D eigenvalue weighted by molar-refractivity contribution is -0.152. The zero-order valence-corrected chi connectivity index (χ0v) is 12.7. The van der Waals surface area contributed by atoms with Crippen LogP contribution in [0.15, 0.2) is 29.2 Å². The number of benzene rings is 1. The fourth-order valence-corrected chi connectivity index (χ4v) is 2.93. The Bertz CT molecular complexity index is 669. The molecule has 120 valence electrons. The normalized spacial score (nSPS) is 21.0. The van der Waals surface area contributed by atoms with Crippen molar-refractivity contribution in [1.29, 1.82) is 0 Å². The summed E-state index contributed by atoms with van der Waals surface area (Å²) < 4.78 is 22.2. The van der Waals surface area contributed by atoms with Crippen LogP contribution in [0.25, 0.3) is 0 Å². The first-order valence-electron chi connectivity index (χ1n) is 6.91. The Morgan fingerprint density at radius 3 is 2.23 bits per heavy atom. The molecule has 0 aromatic heterocycles. The maximum absolute atomic E-state index is 11.8. The predicted octanol–water partition coefficient (Wildman–Crippen LogP) is 0.103. The molecule has 7 nitrogen and oxygen atoms in total. The van der Waals surface area contributed by atoms with Crippen LogP contribution in [0.2, 0.25) is 0 Å². The molecule has 1 amide bonds.